The van der Waals surface area contributed by atoms with Crippen molar-refractivity contribution in [3.05, 3.63) is 35.9 Å². The molecule has 2 aliphatic heterocycles. The summed E-state index contributed by atoms with van der Waals surface area (Å²) < 4.78 is 5.72. The normalized spacial score (nSPS) is 32.7. The third-order valence-electron chi connectivity index (χ3n) is 5.20. The Labute approximate surface area is 125 Å². The van der Waals surface area contributed by atoms with Crippen LogP contribution in [0.3, 0.4) is 0 Å². The Balaban J connectivity index is 1.63. The molecule has 4 unspecified atom stereocenters. The van der Waals surface area contributed by atoms with Gasteiger partial charge in [0.1, 0.15) is 12.0 Å². The van der Waals surface area contributed by atoms with Gasteiger partial charge in [-0.2, -0.15) is 0 Å². The SMILES string of the molecule is C[NH+]1C2CC[C@@H]1CC(OC(=O)C(CO)c1ccccc1)C2. The first-order valence-electron chi connectivity index (χ1n) is 7.88. The van der Waals surface area contributed by atoms with E-state index in [4.69, 9.17) is 4.74 Å². The maximum atomic E-state index is 12.4. The number of carbonyl (C=O) groups excluding carboxylic acids is 1. The molecule has 2 heterocycles. The average Bonchev–Trinajstić information content (AvgIpc) is 2.72. The molecule has 0 aliphatic carbocycles. The molecule has 4 heteroatoms. The zero-order valence-electron chi connectivity index (χ0n) is 12.5. The minimum absolute atomic E-state index is 0.0245. The summed E-state index contributed by atoms with van der Waals surface area (Å²) in [6, 6.07) is 10.7. The Kier molecular flexibility index (Phi) is 4.27. The topological polar surface area (TPSA) is 51.0 Å². The van der Waals surface area contributed by atoms with Crippen molar-refractivity contribution in [2.45, 2.75) is 49.8 Å². The van der Waals surface area contributed by atoms with Crippen LogP contribution in [0.5, 0.6) is 0 Å². The van der Waals surface area contributed by atoms with Crippen LogP contribution in [0.2, 0.25) is 0 Å². The van der Waals surface area contributed by atoms with Gasteiger partial charge in [0.15, 0.2) is 0 Å². The second-order valence-corrected chi connectivity index (χ2v) is 6.39. The van der Waals surface area contributed by atoms with Crippen molar-refractivity contribution in [2.75, 3.05) is 13.7 Å². The molecular weight excluding hydrogens is 266 g/mol. The first kappa shape index (κ1) is 14.5. The van der Waals surface area contributed by atoms with Crippen LogP contribution >= 0.6 is 0 Å². The van der Waals surface area contributed by atoms with E-state index in [0.717, 1.165) is 18.4 Å². The number of carbonyl (C=O) groups is 1. The molecule has 2 N–H and O–H groups in total. The highest BCUT2D eigenvalue weighted by Crippen LogP contribution is 2.26. The third-order valence-corrected chi connectivity index (χ3v) is 5.20. The molecule has 0 radical (unpaired) electrons. The second-order valence-electron chi connectivity index (χ2n) is 6.39. The zero-order valence-corrected chi connectivity index (χ0v) is 12.5. The highest BCUT2D eigenvalue weighted by atomic mass is 16.5. The zero-order chi connectivity index (χ0) is 14.8. The van der Waals surface area contributed by atoms with Crippen LogP contribution in [0.1, 0.15) is 37.2 Å². The van der Waals surface area contributed by atoms with E-state index in [2.05, 4.69) is 7.05 Å². The van der Waals surface area contributed by atoms with Crippen molar-refractivity contribution in [1.29, 1.82) is 0 Å². The Morgan fingerprint density at radius 3 is 2.48 bits per heavy atom. The minimum atomic E-state index is -0.559. The lowest BCUT2D eigenvalue weighted by Crippen LogP contribution is -3.15. The number of benzene rings is 1. The lowest BCUT2D eigenvalue weighted by atomic mass is 9.98. The first-order valence-corrected chi connectivity index (χ1v) is 7.88. The van der Waals surface area contributed by atoms with Gasteiger partial charge in [-0.15, -0.1) is 0 Å². The molecule has 0 saturated carbocycles. The van der Waals surface area contributed by atoms with E-state index in [-0.39, 0.29) is 18.7 Å². The van der Waals surface area contributed by atoms with Crippen LogP contribution < -0.4 is 4.90 Å². The monoisotopic (exact) mass is 290 g/mol. The number of rotatable bonds is 4. The summed E-state index contributed by atoms with van der Waals surface area (Å²) in [5.74, 6) is -0.844. The number of quaternary nitrogens is 1. The highest BCUT2D eigenvalue weighted by Gasteiger charge is 2.44. The number of esters is 1. The van der Waals surface area contributed by atoms with Gasteiger partial charge < -0.3 is 14.7 Å². The third kappa shape index (κ3) is 2.97. The Morgan fingerprint density at radius 2 is 1.90 bits per heavy atom. The molecule has 1 aromatic rings. The standard InChI is InChI=1S/C17H23NO3/c1-18-13-7-8-14(18)10-15(9-13)21-17(20)16(11-19)12-5-3-2-4-6-12/h2-6,13-16,19H,7-11H2,1H3/p+1/t13-,14?,15?,16?/m1/s1. The number of fused-ring (bicyclic) bond motifs is 2. The van der Waals surface area contributed by atoms with E-state index in [0.29, 0.717) is 12.1 Å². The van der Waals surface area contributed by atoms with Crippen molar-refractivity contribution >= 4 is 5.97 Å². The fourth-order valence-corrected chi connectivity index (χ4v) is 3.87. The lowest BCUT2D eigenvalue weighted by molar-refractivity contribution is -0.923. The van der Waals surface area contributed by atoms with Crippen molar-refractivity contribution in [3.63, 3.8) is 0 Å². The molecule has 5 atom stereocenters. The molecule has 0 spiro atoms. The van der Waals surface area contributed by atoms with E-state index >= 15 is 0 Å². The minimum Gasteiger partial charge on any atom is -0.461 e. The molecule has 1 aromatic carbocycles. The van der Waals surface area contributed by atoms with Gasteiger partial charge in [-0.3, -0.25) is 4.79 Å². The Morgan fingerprint density at radius 1 is 1.29 bits per heavy atom. The summed E-state index contributed by atoms with van der Waals surface area (Å²) in [7, 11) is 2.25. The van der Waals surface area contributed by atoms with Gasteiger partial charge >= 0.3 is 5.97 Å². The first-order chi connectivity index (χ1) is 10.2. The van der Waals surface area contributed by atoms with Crippen molar-refractivity contribution < 1.29 is 19.5 Å². The Bertz CT molecular complexity index is 476. The molecule has 114 valence electrons. The molecular formula is C17H24NO3+. The summed E-state index contributed by atoms with van der Waals surface area (Å²) in [6.07, 6.45) is 4.43. The second kappa shape index (κ2) is 6.16. The van der Waals surface area contributed by atoms with E-state index in [1.807, 2.05) is 30.3 Å². The molecule has 2 bridgehead atoms. The molecule has 2 saturated heterocycles. The van der Waals surface area contributed by atoms with E-state index < -0.39 is 5.92 Å². The molecule has 2 aliphatic rings. The van der Waals surface area contributed by atoms with Crippen LogP contribution in [0.25, 0.3) is 0 Å². The maximum absolute atomic E-state index is 12.4. The number of aliphatic hydroxyl groups is 1. The summed E-state index contributed by atoms with van der Waals surface area (Å²) in [6.45, 7) is -0.201. The van der Waals surface area contributed by atoms with Crippen LogP contribution in [-0.4, -0.2) is 42.9 Å². The summed E-state index contributed by atoms with van der Waals surface area (Å²) >= 11 is 0. The molecule has 0 aromatic heterocycles. The smallest absolute Gasteiger partial charge is 0.316 e. The fraction of sp³-hybridized carbons (Fsp3) is 0.588. The molecule has 0 amide bonds. The van der Waals surface area contributed by atoms with Crippen LogP contribution in [-0.2, 0) is 9.53 Å². The molecule has 21 heavy (non-hydrogen) atoms. The predicted octanol–water partition coefficient (Wildman–Crippen LogP) is 0.514. The number of hydrogen-bond acceptors (Lipinski definition) is 3. The summed E-state index contributed by atoms with van der Waals surface area (Å²) in [5.41, 5.74) is 0.825. The fourth-order valence-electron chi connectivity index (χ4n) is 3.87. The maximum Gasteiger partial charge on any atom is 0.316 e. The molecule has 2 fully saturated rings. The average molecular weight is 290 g/mol. The lowest BCUT2D eigenvalue weighted by Gasteiger charge is -2.33. The van der Waals surface area contributed by atoms with E-state index in [9.17, 15) is 9.90 Å². The predicted molar refractivity (Wildman–Crippen MR) is 79.1 cm³/mol. The Hall–Kier alpha value is -1.39. The van der Waals surface area contributed by atoms with Crippen LogP contribution in [0, 0.1) is 0 Å². The quantitative estimate of drug-likeness (QED) is 0.795. The van der Waals surface area contributed by atoms with E-state index in [1.165, 1.54) is 12.8 Å². The summed E-state index contributed by atoms with van der Waals surface area (Å²) in [5, 5.41) is 9.53. The van der Waals surface area contributed by atoms with Crippen molar-refractivity contribution in [3.8, 4) is 0 Å². The highest BCUT2D eigenvalue weighted by molar-refractivity contribution is 5.78. The van der Waals surface area contributed by atoms with Gasteiger partial charge in [-0.1, -0.05) is 30.3 Å². The van der Waals surface area contributed by atoms with Crippen LogP contribution in [0.15, 0.2) is 30.3 Å². The van der Waals surface area contributed by atoms with Crippen LogP contribution in [0.4, 0.5) is 0 Å². The number of hydrogen-bond donors (Lipinski definition) is 2. The van der Waals surface area contributed by atoms with Gasteiger partial charge in [-0.25, -0.2) is 0 Å². The van der Waals surface area contributed by atoms with E-state index in [1.54, 1.807) is 4.90 Å². The number of ether oxygens (including phenoxy) is 1. The van der Waals surface area contributed by atoms with Crippen molar-refractivity contribution in [1.82, 2.24) is 0 Å². The van der Waals surface area contributed by atoms with Gasteiger partial charge in [0, 0.05) is 25.7 Å². The number of aliphatic hydroxyl groups excluding tert-OH is 1. The van der Waals surface area contributed by atoms with Gasteiger partial charge in [0.25, 0.3) is 0 Å². The van der Waals surface area contributed by atoms with Gasteiger partial charge in [0.2, 0.25) is 0 Å². The number of nitrogens with one attached hydrogen (secondary N) is 1. The van der Waals surface area contributed by atoms with Gasteiger partial charge in [-0.05, 0) is 5.56 Å². The number of piperidine rings is 1. The summed E-state index contributed by atoms with van der Waals surface area (Å²) in [4.78, 5) is 14.0. The molecule has 4 nitrogen and oxygen atoms in total. The molecule has 3 rings (SSSR count). The van der Waals surface area contributed by atoms with Gasteiger partial charge in [0.05, 0.1) is 25.7 Å². The largest absolute Gasteiger partial charge is 0.461 e. The van der Waals surface area contributed by atoms with Crippen molar-refractivity contribution in [2.24, 2.45) is 0 Å².